The Labute approximate surface area is 130 Å². The molecule has 6 nitrogen and oxygen atoms in total. The second kappa shape index (κ2) is 5.41. The van der Waals surface area contributed by atoms with Crippen LogP contribution < -0.4 is 0 Å². The zero-order valence-electron chi connectivity index (χ0n) is 13.4. The summed E-state index contributed by atoms with van der Waals surface area (Å²) in [5.41, 5.74) is 0.385. The number of amides is 1. The van der Waals surface area contributed by atoms with Crippen molar-refractivity contribution in [2.45, 2.75) is 57.6 Å². The molecule has 1 saturated carbocycles. The number of ether oxygens (including phenoxy) is 1. The van der Waals surface area contributed by atoms with Gasteiger partial charge in [0.05, 0.1) is 18.2 Å². The molecule has 1 saturated heterocycles. The van der Waals surface area contributed by atoms with Crippen LogP contribution in [0.5, 0.6) is 0 Å². The van der Waals surface area contributed by atoms with Crippen molar-refractivity contribution in [3.8, 4) is 0 Å². The summed E-state index contributed by atoms with van der Waals surface area (Å²) in [6.07, 6.45) is 6.06. The lowest BCUT2D eigenvalue weighted by molar-refractivity contribution is -0.123. The highest BCUT2D eigenvalue weighted by atomic mass is 16.6. The van der Waals surface area contributed by atoms with Crippen LogP contribution in [0.4, 0.5) is 4.79 Å². The number of rotatable bonds is 2. The SMILES string of the molecule is CC(C)(C)OC(=O)N1CCC(=O)C(c2cnn(C3CC3)c2)C1. The highest BCUT2D eigenvalue weighted by molar-refractivity contribution is 5.88. The van der Waals surface area contributed by atoms with Crippen molar-refractivity contribution in [3.05, 3.63) is 18.0 Å². The first-order valence-electron chi connectivity index (χ1n) is 7.88. The van der Waals surface area contributed by atoms with Crippen molar-refractivity contribution in [2.24, 2.45) is 0 Å². The van der Waals surface area contributed by atoms with E-state index in [1.54, 1.807) is 11.1 Å². The summed E-state index contributed by atoms with van der Waals surface area (Å²) >= 11 is 0. The molecule has 1 aliphatic heterocycles. The minimum absolute atomic E-state index is 0.176. The van der Waals surface area contributed by atoms with Crippen molar-refractivity contribution in [3.63, 3.8) is 0 Å². The molecule has 3 rings (SSSR count). The second-order valence-corrected chi connectivity index (χ2v) is 7.18. The largest absolute Gasteiger partial charge is 0.444 e. The molecule has 22 heavy (non-hydrogen) atoms. The van der Waals surface area contributed by atoms with Gasteiger partial charge in [-0.25, -0.2) is 4.79 Å². The first kappa shape index (κ1) is 15.1. The number of hydrogen-bond donors (Lipinski definition) is 0. The number of nitrogens with zero attached hydrogens (tertiary/aromatic N) is 3. The van der Waals surface area contributed by atoms with Crippen LogP contribution in [0.1, 0.15) is 57.6 Å². The fourth-order valence-electron chi connectivity index (χ4n) is 2.69. The fourth-order valence-corrected chi connectivity index (χ4v) is 2.69. The predicted octanol–water partition coefficient (Wildman–Crippen LogP) is 2.51. The van der Waals surface area contributed by atoms with Gasteiger partial charge in [-0.15, -0.1) is 0 Å². The number of ketones is 1. The first-order valence-corrected chi connectivity index (χ1v) is 7.88. The van der Waals surface area contributed by atoms with Crippen LogP contribution in [0.3, 0.4) is 0 Å². The van der Waals surface area contributed by atoms with E-state index in [1.165, 1.54) is 0 Å². The minimum Gasteiger partial charge on any atom is -0.444 e. The highest BCUT2D eigenvalue weighted by Gasteiger charge is 2.34. The Morgan fingerprint density at radius 2 is 2.09 bits per heavy atom. The maximum Gasteiger partial charge on any atom is 0.410 e. The maximum atomic E-state index is 12.2. The summed E-state index contributed by atoms with van der Waals surface area (Å²) in [6.45, 7) is 6.34. The average molecular weight is 305 g/mol. The molecule has 2 heterocycles. The topological polar surface area (TPSA) is 64.4 Å². The smallest absolute Gasteiger partial charge is 0.410 e. The van der Waals surface area contributed by atoms with Crippen molar-refractivity contribution < 1.29 is 14.3 Å². The summed E-state index contributed by atoms with van der Waals surface area (Å²) in [5, 5.41) is 4.35. The van der Waals surface area contributed by atoms with Gasteiger partial charge in [0, 0.05) is 31.3 Å². The first-order chi connectivity index (χ1) is 10.3. The van der Waals surface area contributed by atoms with E-state index in [0.717, 1.165) is 18.4 Å². The van der Waals surface area contributed by atoms with E-state index < -0.39 is 5.60 Å². The minimum atomic E-state index is -0.523. The van der Waals surface area contributed by atoms with Crippen LogP contribution in [0.15, 0.2) is 12.4 Å². The van der Waals surface area contributed by atoms with E-state index in [9.17, 15) is 9.59 Å². The maximum absolute atomic E-state index is 12.2. The number of carbonyl (C=O) groups excluding carboxylic acids is 2. The molecule has 1 unspecified atom stereocenters. The Morgan fingerprint density at radius 1 is 1.36 bits per heavy atom. The van der Waals surface area contributed by atoms with Crippen molar-refractivity contribution in [2.75, 3.05) is 13.1 Å². The monoisotopic (exact) mass is 305 g/mol. The van der Waals surface area contributed by atoms with Gasteiger partial charge in [0.1, 0.15) is 11.4 Å². The number of Topliss-reactive ketones (excluding diaryl/α,β-unsaturated/α-hetero) is 1. The number of aromatic nitrogens is 2. The van der Waals surface area contributed by atoms with Crippen molar-refractivity contribution >= 4 is 11.9 Å². The Morgan fingerprint density at radius 3 is 2.73 bits per heavy atom. The van der Waals surface area contributed by atoms with E-state index in [4.69, 9.17) is 4.74 Å². The van der Waals surface area contributed by atoms with E-state index in [2.05, 4.69) is 5.10 Å². The molecular weight excluding hydrogens is 282 g/mol. The Hall–Kier alpha value is -1.85. The Bertz CT molecular complexity index is 584. The summed E-state index contributed by atoms with van der Waals surface area (Å²) in [4.78, 5) is 26.1. The number of carbonyl (C=O) groups is 2. The number of likely N-dealkylation sites (tertiary alicyclic amines) is 1. The van der Waals surface area contributed by atoms with E-state index in [0.29, 0.717) is 25.6 Å². The molecule has 0 bridgehead atoms. The molecule has 1 atom stereocenters. The standard InChI is InChI=1S/C16H23N3O3/c1-16(2,3)22-15(21)18-7-6-14(20)13(10-18)11-8-17-19(9-11)12-4-5-12/h8-9,12-13H,4-7,10H2,1-3H3. The Balaban J connectivity index is 1.70. The van der Waals surface area contributed by atoms with Gasteiger partial charge in [-0.05, 0) is 33.6 Å². The quantitative estimate of drug-likeness (QED) is 0.842. The molecule has 2 fully saturated rings. The highest BCUT2D eigenvalue weighted by Crippen LogP contribution is 2.35. The Kier molecular flexibility index (Phi) is 3.70. The zero-order chi connectivity index (χ0) is 15.9. The molecule has 1 aromatic rings. The lowest BCUT2D eigenvalue weighted by atomic mass is 9.91. The molecule has 0 aromatic carbocycles. The molecule has 0 N–H and O–H groups in total. The lowest BCUT2D eigenvalue weighted by Crippen LogP contribution is -2.45. The molecular formula is C16H23N3O3. The van der Waals surface area contributed by atoms with Crippen molar-refractivity contribution in [1.82, 2.24) is 14.7 Å². The van der Waals surface area contributed by atoms with Gasteiger partial charge in [-0.3, -0.25) is 9.48 Å². The van der Waals surface area contributed by atoms with Gasteiger partial charge >= 0.3 is 6.09 Å². The molecule has 1 aromatic heterocycles. The third-order valence-corrected chi connectivity index (χ3v) is 4.02. The van der Waals surface area contributed by atoms with E-state index >= 15 is 0 Å². The van der Waals surface area contributed by atoms with Crippen LogP contribution in [0.25, 0.3) is 0 Å². The number of hydrogen-bond acceptors (Lipinski definition) is 4. The second-order valence-electron chi connectivity index (χ2n) is 7.18. The van der Waals surface area contributed by atoms with Gasteiger partial charge in [-0.2, -0.15) is 5.10 Å². The van der Waals surface area contributed by atoms with Crippen molar-refractivity contribution in [1.29, 1.82) is 0 Å². The summed E-state index contributed by atoms with van der Waals surface area (Å²) in [5.74, 6) is -0.107. The van der Waals surface area contributed by atoms with Crippen LogP contribution in [-0.4, -0.2) is 45.2 Å². The number of piperidine rings is 1. The van der Waals surface area contributed by atoms with Gasteiger partial charge in [0.25, 0.3) is 0 Å². The van der Waals surface area contributed by atoms with Crippen LogP contribution in [-0.2, 0) is 9.53 Å². The molecule has 0 radical (unpaired) electrons. The molecule has 0 spiro atoms. The van der Waals surface area contributed by atoms with Crippen LogP contribution in [0, 0.1) is 0 Å². The predicted molar refractivity (Wildman–Crippen MR) is 80.7 cm³/mol. The third-order valence-electron chi connectivity index (χ3n) is 4.02. The van der Waals surface area contributed by atoms with E-state index in [-0.39, 0.29) is 17.8 Å². The zero-order valence-corrected chi connectivity index (χ0v) is 13.4. The third kappa shape index (κ3) is 3.31. The summed E-state index contributed by atoms with van der Waals surface area (Å²) < 4.78 is 7.34. The molecule has 6 heteroatoms. The fraction of sp³-hybridized carbons (Fsp3) is 0.688. The molecule has 1 aliphatic carbocycles. The van der Waals surface area contributed by atoms with Gasteiger partial charge in [-0.1, -0.05) is 0 Å². The lowest BCUT2D eigenvalue weighted by Gasteiger charge is -2.33. The van der Waals surface area contributed by atoms with E-state index in [1.807, 2.05) is 31.6 Å². The van der Waals surface area contributed by atoms with Crippen LogP contribution >= 0.6 is 0 Å². The van der Waals surface area contributed by atoms with Gasteiger partial charge < -0.3 is 9.64 Å². The molecule has 2 aliphatic rings. The summed E-state index contributed by atoms with van der Waals surface area (Å²) in [6, 6.07) is 0.495. The molecule has 120 valence electrons. The van der Waals surface area contributed by atoms with Gasteiger partial charge in [0.2, 0.25) is 0 Å². The van der Waals surface area contributed by atoms with Crippen LogP contribution in [0.2, 0.25) is 0 Å². The molecule has 1 amide bonds. The summed E-state index contributed by atoms with van der Waals surface area (Å²) in [7, 11) is 0. The average Bonchev–Trinajstić information content (AvgIpc) is 3.16. The normalized spacial score (nSPS) is 22.8. The van der Waals surface area contributed by atoms with Gasteiger partial charge in [0.15, 0.2) is 0 Å².